The van der Waals surface area contributed by atoms with Crippen LogP contribution in [-0.2, 0) is 0 Å². The zero-order valence-electron chi connectivity index (χ0n) is 22.7. The molecule has 0 amide bonds. The van der Waals surface area contributed by atoms with E-state index in [0.717, 1.165) is 16.5 Å². The first-order valence-electron chi connectivity index (χ1n) is 14.3. The smallest absolute Gasteiger partial charge is 0.143 e. The number of furan rings is 1. The Kier molecular flexibility index (Phi) is 5.13. The molecule has 7 aromatic carbocycles. The van der Waals surface area contributed by atoms with E-state index in [4.69, 9.17) is 4.42 Å². The van der Waals surface area contributed by atoms with Crippen LogP contribution >= 0.6 is 11.3 Å². The summed E-state index contributed by atoms with van der Waals surface area (Å²) in [6.45, 7) is 0. The van der Waals surface area contributed by atoms with Crippen molar-refractivity contribution in [3.05, 3.63) is 146 Å². The summed E-state index contributed by atoms with van der Waals surface area (Å²) in [4.78, 5) is 0. The van der Waals surface area contributed by atoms with Gasteiger partial charge in [-0.15, -0.1) is 11.3 Å². The summed E-state index contributed by atoms with van der Waals surface area (Å²) in [6, 6.07) is 50.4. The van der Waals surface area contributed by atoms with Gasteiger partial charge in [0.05, 0.1) is 6.26 Å². The van der Waals surface area contributed by atoms with Gasteiger partial charge in [-0.2, -0.15) is 0 Å². The Hall–Kier alpha value is -5.18. The predicted molar refractivity (Wildman–Crippen MR) is 180 cm³/mol. The Labute approximate surface area is 246 Å². The lowest BCUT2D eigenvalue weighted by molar-refractivity contribution is 0.620. The van der Waals surface area contributed by atoms with E-state index in [1.54, 1.807) is 0 Å². The average molecular weight is 553 g/mol. The molecule has 0 fully saturated rings. The van der Waals surface area contributed by atoms with E-state index in [2.05, 4.69) is 140 Å². The minimum atomic E-state index is 0.962. The van der Waals surface area contributed by atoms with Crippen LogP contribution < -0.4 is 0 Å². The summed E-state index contributed by atoms with van der Waals surface area (Å²) < 4.78 is 8.86. The maximum atomic E-state index is 6.34. The normalized spacial score (nSPS) is 11.8. The van der Waals surface area contributed by atoms with Crippen molar-refractivity contribution in [2.45, 2.75) is 0 Å². The molecule has 42 heavy (non-hydrogen) atoms. The van der Waals surface area contributed by atoms with E-state index in [-0.39, 0.29) is 0 Å². The van der Waals surface area contributed by atoms with Gasteiger partial charge in [-0.25, -0.2) is 0 Å². The standard InChI is InChI=1S/C40H24OS/c1-3-11-25(12-4-1)34-24-41-40-32(34)20-22-36-39(40)33-23-27(19-21-35(33)42-36)38-30-17-9-7-15-28(30)37(26-13-5-2-6-14-26)29-16-8-10-18-31(29)38/h1-24H. The van der Waals surface area contributed by atoms with Crippen LogP contribution in [0.3, 0.4) is 0 Å². The minimum absolute atomic E-state index is 0.962. The molecule has 2 heteroatoms. The lowest BCUT2D eigenvalue weighted by Gasteiger charge is -2.17. The van der Waals surface area contributed by atoms with Crippen molar-refractivity contribution >= 4 is 64.0 Å². The molecule has 0 spiro atoms. The fourth-order valence-electron chi connectivity index (χ4n) is 6.71. The number of hydrogen-bond acceptors (Lipinski definition) is 2. The van der Waals surface area contributed by atoms with Crippen molar-refractivity contribution < 1.29 is 4.42 Å². The molecular weight excluding hydrogens is 529 g/mol. The summed E-state index contributed by atoms with van der Waals surface area (Å²) in [7, 11) is 0. The number of fused-ring (bicyclic) bond motifs is 7. The van der Waals surface area contributed by atoms with Crippen molar-refractivity contribution in [3.63, 3.8) is 0 Å². The molecule has 2 heterocycles. The van der Waals surface area contributed by atoms with Crippen LogP contribution in [0.25, 0.3) is 86.1 Å². The van der Waals surface area contributed by atoms with Gasteiger partial charge in [-0.3, -0.25) is 0 Å². The van der Waals surface area contributed by atoms with Crippen LogP contribution in [0.5, 0.6) is 0 Å². The van der Waals surface area contributed by atoms with Crippen molar-refractivity contribution in [2.75, 3.05) is 0 Å². The minimum Gasteiger partial charge on any atom is -0.463 e. The molecular formula is C40H24OS. The fraction of sp³-hybridized carbons (Fsp3) is 0. The van der Waals surface area contributed by atoms with Gasteiger partial charge in [0, 0.05) is 31.1 Å². The van der Waals surface area contributed by atoms with Crippen LogP contribution in [0.15, 0.2) is 150 Å². The molecule has 0 aliphatic heterocycles. The van der Waals surface area contributed by atoms with E-state index in [1.165, 1.54) is 69.5 Å². The van der Waals surface area contributed by atoms with E-state index in [1.807, 2.05) is 17.6 Å². The molecule has 196 valence electrons. The molecule has 0 saturated heterocycles. The summed E-state index contributed by atoms with van der Waals surface area (Å²) >= 11 is 1.83. The largest absolute Gasteiger partial charge is 0.463 e. The van der Waals surface area contributed by atoms with Gasteiger partial charge in [-0.1, -0.05) is 115 Å². The molecule has 0 atom stereocenters. The lowest BCUT2D eigenvalue weighted by atomic mass is 9.86. The van der Waals surface area contributed by atoms with Crippen molar-refractivity contribution in [1.29, 1.82) is 0 Å². The topological polar surface area (TPSA) is 13.1 Å². The Bertz CT molecular complexity index is 2390. The Balaban J connectivity index is 1.35. The lowest BCUT2D eigenvalue weighted by Crippen LogP contribution is -1.90. The van der Waals surface area contributed by atoms with E-state index in [0.29, 0.717) is 0 Å². The van der Waals surface area contributed by atoms with E-state index >= 15 is 0 Å². The third kappa shape index (κ3) is 3.43. The molecule has 0 bridgehead atoms. The van der Waals surface area contributed by atoms with Crippen LogP contribution in [-0.4, -0.2) is 0 Å². The highest BCUT2D eigenvalue weighted by Crippen LogP contribution is 2.47. The maximum absolute atomic E-state index is 6.34. The van der Waals surface area contributed by atoms with Crippen LogP contribution in [0.4, 0.5) is 0 Å². The number of rotatable bonds is 3. The van der Waals surface area contributed by atoms with E-state index in [9.17, 15) is 0 Å². The fourth-order valence-corrected chi connectivity index (χ4v) is 7.79. The second-order valence-electron chi connectivity index (χ2n) is 10.9. The summed E-state index contributed by atoms with van der Waals surface area (Å²) in [6.07, 6.45) is 1.91. The Morgan fingerprint density at radius 1 is 0.405 bits per heavy atom. The SMILES string of the molecule is c1ccc(-c2c3ccccc3c(-c3ccc4sc5ccc6c(-c7ccccc7)coc6c5c4c3)c3ccccc23)cc1. The number of hydrogen-bond donors (Lipinski definition) is 0. The van der Waals surface area contributed by atoms with Gasteiger partial charge in [-0.05, 0) is 73.6 Å². The van der Waals surface area contributed by atoms with Gasteiger partial charge in [0.15, 0.2) is 0 Å². The van der Waals surface area contributed by atoms with Gasteiger partial charge in [0.2, 0.25) is 0 Å². The highest BCUT2D eigenvalue weighted by Gasteiger charge is 2.19. The maximum Gasteiger partial charge on any atom is 0.143 e. The molecule has 0 aliphatic carbocycles. The molecule has 9 rings (SSSR count). The first-order chi connectivity index (χ1) is 20.8. The zero-order valence-corrected chi connectivity index (χ0v) is 23.5. The second-order valence-corrected chi connectivity index (χ2v) is 11.9. The molecule has 9 aromatic rings. The molecule has 2 aromatic heterocycles. The van der Waals surface area contributed by atoms with Gasteiger partial charge >= 0.3 is 0 Å². The number of thiophene rings is 1. The molecule has 0 saturated carbocycles. The quantitative estimate of drug-likeness (QED) is 0.199. The first kappa shape index (κ1) is 23.5. The number of benzene rings is 7. The summed E-state index contributed by atoms with van der Waals surface area (Å²) in [5.41, 5.74) is 8.30. The zero-order chi connectivity index (χ0) is 27.6. The Morgan fingerprint density at radius 3 is 1.60 bits per heavy atom. The van der Waals surface area contributed by atoms with Crippen molar-refractivity contribution in [2.24, 2.45) is 0 Å². The third-order valence-corrected chi connectivity index (χ3v) is 9.68. The molecule has 0 unspecified atom stereocenters. The monoisotopic (exact) mass is 552 g/mol. The second kappa shape index (κ2) is 9.17. The highest BCUT2D eigenvalue weighted by atomic mass is 32.1. The van der Waals surface area contributed by atoms with Crippen molar-refractivity contribution in [1.82, 2.24) is 0 Å². The van der Waals surface area contributed by atoms with E-state index < -0.39 is 0 Å². The molecule has 0 aliphatic rings. The van der Waals surface area contributed by atoms with Crippen LogP contribution in [0.1, 0.15) is 0 Å². The van der Waals surface area contributed by atoms with Crippen LogP contribution in [0, 0.1) is 0 Å². The summed E-state index contributed by atoms with van der Waals surface area (Å²) in [5, 5.41) is 8.68. The Morgan fingerprint density at radius 2 is 0.952 bits per heavy atom. The predicted octanol–water partition coefficient (Wildman–Crippen LogP) is 12.1. The average Bonchev–Trinajstić information content (AvgIpc) is 3.65. The highest BCUT2D eigenvalue weighted by molar-refractivity contribution is 7.26. The van der Waals surface area contributed by atoms with Crippen molar-refractivity contribution in [3.8, 4) is 33.4 Å². The van der Waals surface area contributed by atoms with Crippen LogP contribution in [0.2, 0.25) is 0 Å². The first-order valence-corrected chi connectivity index (χ1v) is 15.1. The molecule has 0 radical (unpaired) electrons. The summed E-state index contributed by atoms with van der Waals surface area (Å²) in [5.74, 6) is 0. The molecule has 0 N–H and O–H groups in total. The van der Waals surface area contributed by atoms with Gasteiger partial charge in [0.1, 0.15) is 5.58 Å². The van der Waals surface area contributed by atoms with Gasteiger partial charge in [0.25, 0.3) is 0 Å². The molecule has 1 nitrogen and oxygen atoms in total. The third-order valence-electron chi connectivity index (χ3n) is 8.54. The van der Waals surface area contributed by atoms with Gasteiger partial charge < -0.3 is 4.42 Å².